The van der Waals surface area contributed by atoms with Gasteiger partial charge in [-0.3, -0.25) is 4.98 Å². The Morgan fingerprint density at radius 2 is 2.00 bits per heavy atom. The molecule has 0 saturated carbocycles. The number of rotatable bonds is 2. The molecule has 15 heavy (non-hydrogen) atoms. The van der Waals surface area contributed by atoms with E-state index in [0.29, 0.717) is 0 Å². The highest BCUT2D eigenvalue weighted by molar-refractivity contribution is 9.08. The number of aromatic nitrogens is 3. The minimum atomic E-state index is 0.750. The lowest BCUT2D eigenvalue weighted by atomic mass is 10.2. The molecule has 0 aliphatic rings. The maximum atomic E-state index is 4.45. The van der Waals surface area contributed by atoms with Gasteiger partial charge in [0.2, 0.25) is 0 Å². The van der Waals surface area contributed by atoms with Gasteiger partial charge < -0.3 is 0 Å². The van der Waals surface area contributed by atoms with Crippen LogP contribution >= 0.6 is 15.9 Å². The van der Waals surface area contributed by atoms with Crippen molar-refractivity contribution in [1.82, 2.24) is 15.0 Å². The van der Waals surface area contributed by atoms with Crippen LogP contribution in [0.5, 0.6) is 0 Å². The topological polar surface area (TPSA) is 38.7 Å². The largest absolute Gasteiger partial charge is 0.265 e. The molecule has 0 spiro atoms. The molecule has 3 nitrogen and oxygen atoms in total. The smallest absolute Gasteiger partial charge is 0.159 e. The molecule has 2 aromatic rings. The molecule has 0 fully saturated rings. The summed E-state index contributed by atoms with van der Waals surface area (Å²) in [4.78, 5) is 12.7. The van der Waals surface area contributed by atoms with Gasteiger partial charge in [0.25, 0.3) is 0 Å². The number of hydrogen-bond acceptors (Lipinski definition) is 3. The zero-order valence-electron chi connectivity index (χ0n) is 8.31. The van der Waals surface area contributed by atoms with Gasteiger partial charge in [0.1, 0.15) is 0 Å². The summed E-state index contributed by atoms with van der Waals surface area (Å²) in [5.41, 5.74) is 3.12. The maximum absolute atomic E-state index is 4.45. The molecule has 0 radical (unpaired) electrons. The monoisotopic (exact) mass is 263 g/mol. The van der Waals surface area contributed by atoms with Crippen LogP contribution in [0.4, 0.5) is 0 Å². The van der Waals surface area contributed by atoms with E-state index in [1.54, 1.807) is 12.4 Å². The van der Waals surface area contributed by atoms with Crippen LogP contribution < -0.4 is 0 Å². The fraction of sp³-hybridized carbons (Fsp3) is 0.182. The molecule has 2 heterocycles. The van der Waals surface area contributed by atoms with Gasteiger partial charge in [0, 0.05) is 40.7 Å². The van der Waals surface area contributed by atoms with Crippen molar-refractivity contribution >= 4 is 15.9 Å². The molecule has 0 aliphatic carbocycles. The van der Waals surface area contributed by atoms with Crippen molar-refractivity contribution in [3.8, 4) is 11.4 Å². The zero-order chi connectivity index (χ0) is 10.7. The lowest BCUT2D eigenvalue weighted by Crippen LogP contribution is -1.95. The second-order valence-corrected chi connectivity index (χ2v) is 3.73. The Balaban J connectivity index is 2.43. The quantitative estimate of drug-likeness (QED) is 0.783. The van der Waals surface area contributed by atoms with Gasteiger partial charge in [0.15, 0.2) is 5.82 Å². The van der Waals surface area contributed by atoms with Crippen molar-refractivity contribution in [2.75, 3.05) is 0 Å². The van der Waals surface area contributed by atoms with E-state index in [9.17, 15) is 0 Å². The Hall–Kier alpha value is -1.29. The van der Waals surface area contributed by atoms with E-state index in [4.69, 9.17) is 0 Å². The standard InChI is InChI=1S/C11H10BrN3/c1-8-10(6-12)7-14-11(15-8)9-2-4-13-5-3-9/h2-5,7H,6H2,1H3. The summed E-state index contributed by atoms with van der Waals surface area (Å²) in [5, 5.41) is 0.787. The second-order valence-electron chi connectivity index (χ2n) is 3.17. The number of nitrogens with zero attached hydrogens (tertiary/aromatic N) is 3. The van der Waals surface area contributed by atoms with Crippen molar-refractivity contribution in [1.29, 1.82) is 0 Å². The molecule has 0 bridgehead atoms. The lowest BCUT2D eigenvalue weighted by Gasteiger charge is -2.03. The van der Waals surface area contributed by atoms with Gasteiger partial charge in [0.05, 0.1) is 0 Å². The predicted octanol–water partition coefficient (Wildman–Crippen LogP) is 2.74. The van der Waals surface area contributed by atoms with E-state index in [-0.39, 0.29) is 0 Å². The summed E-state index contributed by atoms with van der Waals surface area (Å²) >= 11 is 3.40. The van der Waals surface area contributed by atoms with E-state index in [2.05, 4.69) is 30.9 Å². The minimum Gasteiger partial charge on any atom is -0.265 e. The SMILES string of the molecule is Cc1nc(-c2ccncc2)ncc1CBr. The summed E-state index contributed by atoms with van der Waals surface area (Å²) in [5.74, 6) is 0.750. The van der Waals surface area contributed by atoms with Crippen LogP contribution in [0, 0.1) is 6.92 Å². The molecule has 76 valence electrons. The Kier molecular flexibility index (Phi) is 3.06. The first kappa shape index (κ1) is 10.2. The summed E-state index contributed by atoms with van der Waals surface area (Å²) in [6.45, 7) is 1.99. The Bertz CT molecular complexity index is 457. The van der Waals surface area contributed by atoms with Crippen molar-refractivity contribution < 1.29 is 0 Å². The summed E-state index contributed by atoms with van der Waals surface area (Å²) < 4.78 is 0. The van der Waals surface area contributed by atoms with Gasteiger partial charge in [-0.15, -0.1) is 0 Å². The normalized spacial score (nSPS) is 10.3. The van der Waals surface area contributed by atoms with Gasteiger partial charge in [-0.2, -0.15) is 0 Å². The molecule has 4 heteroatoms. The molecule has 0 N–H and O–H groups in total. The first-order valence-electron chi connectivity index (χ1n) is 4.60. The van der Waals surface area contributed by atoms with Gasteiger partial charge in [-0.25, -0.2) is 9.97 Å². The molecule has 0 unspecified atom stereocenters. The summed E-state index contributed by atoms with van der Waals surface area (Å²) in [6, 6.07) is 3.81. The molecule has 0 saturated heterocycles. The second kappa shape index (κ2) is 4.49. The maximum Gasteiger partial charge on any atom is 0.159 e. The number of alkyl halides is 1. The van der Waals surface area contributed by atoms with Gasteiger partial charge in [-0.05, 0) is 19.1 Å². The van der Waals surface area contributed by atoms with E-state index in [1.165, 1.54) is 0 Å². The molecule has 0 aliphatic heterocycles. The Labute approximate surface area is 96.7 Å². The highest BCUT2D eigenvalue weighted by Crippen LogP contribution is 2.16. The highest BCUT2D eigenvalue weighted by Gasteiger charge is 2.03. The third-order valence-electron chi connectivity index (χ3n) is 2.16. The van der Waals surface area contributed by atoms with Crippen molar-refractivity contribution in [3.63, 3.8) is 0 Å². The van der Waals surface area contributed by atoms with E-state index >= 15 is 0 Å². The van der Waals surface area contributed by atoms with Gasteiger partial charge in [-0.1, -0.05) is 15.9 Å². The van der Waals surface area contributed by atoms with E-state index in [0.717, 1.165) is 28.0 Å². The van der Waals surface area contributed by atoms with Crippen LogP contribution in [0.3, 0.4) is 0 Å². The zero-order valence-corrected chi connectivity index (χ0v) is 9.90. The molecular formula is C11H10BrN3. The van der Waals surface area contributed by atoms with Gasteiger partial charge >= 0.3 is 0 Å². The van der Waals surface area contributed by atoms with Crippen LogP contribution in [-0.4, -0.2) is 15.0 Å². The molecule has 0 atom stereocenters. The van der Waals surface area contributed by atoms with Crippen LogP contribution in [0.2, 0.25) is 0 Å². The third kappa shape index (κ3) is 2.21. The van der Waals surface area contributed by atoms with Crippen molar-refractivity contribution in [3.05, 3.63) is 42.0 Å². The Morgan fingerprint density at radius 1 is 1.27 bits per heavy atom. The number of hydrogen-bond donors (Lipinski definition) is 0. The average Bonchev–Trinajstić information content (AvgIpc) is 2.30. The predicted molar refractivity (Wildman–Crippen MR) is 62.6 cm³/mol. The van der Waals surface area contributed by atoms with Crippen molar-refractivity contribution in [2.45, 2.75) is 12.3 Å². The van der Waals surface area contributed by atoms with E-state index < -0.39 is 0 Å². The fourth-order valence-corrected chi connectivity index (χ4v) is 1.81. The first-order chi connectivity index (χ1) is 7.31. The minimum absolute atomic E-state index is 0.750. The molecule has 0 aromatic carbocycles. The molecule has 0 amide bonds. The summed E-state index contributed by atoms with van der Waals surface area (Å²) in [6.07, 6.45) is 5.34. The van der Waals surface area contributed by atoms with Crippen LogP contribution in [0.15, 0.2) is 30.7 Å². The molecule has 2 aromatic heterocycles. The lowest BCUT2D eigenvalue weighted by molar-refractivity contribution is 1.06. The van der Waals surface area contributed by atoms with Crippen molar-refractivity contribution in [2.24, 2.45) is 0 Å². The molecular weight excluding hydrogens is 254 g/mol. The van der Waals surface area contributed by atoms with Crippen LogP contribution in [-0.2, 0) is 5.33 Å². The number of halogens is 1. The number of aryl methyl sites for hydroxylation is 1. The first-order valence-corrected chi connectivity index (χ1v) is 5.72. The Morgan fingerprint density at radius 3 is 2.60 bits per heavy atom. The number of pyridine rings is 1. The highest BCUT2D eigenvalue weighted by atomic mass is 79.9. The average molecular weight is 264 g/mol. The van der Waals surface area contributed by atoms with Crippen LogP contribution in [0.25, 0.3) is 11.4 Å². The fourth-order valence-electron chi connectivity index (χ4n) is 1.26. The van der Waals surface area contributed by atoms with E-state index in [1.807, 2.05) is 25.3 Å². The molecule has 2 rings (SSSR count). The summed E-state index contributed by atoms with van der Waals surface area (Å²) in [7, 11) is 0. The third-order valence-corrected chi connectivity index (χ3v) is 2.77. The van der Waals surface area contributed by atoms with Crippen LogP contribution in [0.1, 0.15) is 11.3 Å².